The van der Waals surface area contributed by atoms with Crippen molar-refractivity contribution in [2.45, 2.75) is 38.1 Å². The SMILES string of the molecule is N#C[C@@]1(C2CC2)CCN(c2ccnc(Nc3cc(C(=O)NC4CCOCC4)ccn3)c2)C1=O. The topological polar surface area (TPSA) is 120 Å². The Bertz CT molecular complexity index is 1110. The maximum Gasteiger partial charge on any atom is 0.251 e. The van der Waals surface area contributed by atoms with Crippen molar-refractivity contribution in [1.29, 1.82) is 5.26 Å². The molecule has 5 rings (SSSR count). The molecule has 3 aliphatic rings. The summed E-state index contributed by atoms with van der Waals surface area (Å²) >= 11 is 0. The highest BCUT2D eigenvalue weighted by atomic mass is 16.5. The normalized spacial score (nSPS) is 23.2. The number of nitrogens with zero attached hydrogens (tertiary/aromatic N) is 4. The largest absolute Gasteiger partial charge is 0.381 e. The van der Waals surface area contributed by atoms with Gasteiger partial charge in [-0.25, -0.2) is 9.97 Å². The number of rotatable bonds is 6. The molecule has 1 saturated carbocycles. The number of nitrogens with one attached hydrogen (secondary N) is 2. The Labute approximate surface area is 192 Å². The second-order valence-electron chi connectivity index (χ2n) is 8.88. The monoisotopic (exact) mass is 446 g/mol. The van der Waals surface area contributed by atoms with Crippen molar-refractivity contribution in [1.82, 2.24) is 15.3 Å². The number of carbonyl (C=O) groups is 2. The van der Waals surface area contributed by atoms with Gasteiger partial charge in [-0.15, -0.1) is 0 Å². The number of anilines is 3. The third kappa shape index (κ3) is 4.26. The van der Waals surface area contributed by atoms with Crippen molar-refractivity contribution >= 4 is 29.1 Å². The third-order valence-electron chi connectivity index (χ3n) is 6.72. The molecule has 0 unspecified atom stereocenters. The van der Waals surface area contributed by atoms with E-state index in [-0.39, 0.29) is 23.8 Å². The van der Waals surface area contributed by atoms with Gasteiger partial charge in [-0.3, -0.25) is 9.59 Å². The summed E-state index contributed by atoms with van der Waals surface area (Å²) in [6.07, 6.45) is 7.26. The lowest BCUT2D eigenvalue weighted by atomic mass is 9.83. The van der Waals surface area contributed by atoms with Crippen molar-refractivity contribution in [3.63, 3.8) is 0 Å². The lowest BCUT2D eigenvalue weighted by Crippen LogP contribution is -2.38. The molecule has 2 aliphatic heterocycles. The van der Waals surface area contributed by atoms with E-state index >= 15 is 0 Å². The molecule has 2 aromatic rings. The molecule has 0 spiro atoms. The van der Waals surface area contributed by atoms with Gasteiger partial charge in [0.15, 0.2) is 0 Å². The second-order valence-corrected chi connectivity index (χ2v) is 8.88. The van der Waals surface area contributed by atoms with E-state index in [4.69, 9.17) is 4.74 Å². The Hall–Kier alpha value is -3.51. The van der Waals surface area contributed by atoms with Crippen molar-refractivity contribution in [3.05, 3.63) is 42.2 Å². The van der Waals surface area contributed by atoms with Crippen LogP contribution in [0.1, 0.15) is 42.5 Å². The number of hydrogen-bond donors (Lipinski definition) is 2. The zero-order chi connectivity index (χ0) is 22.8. The molecule has 4 heterocycles. The highest BCUT2D eigenvalue weighted by Crippen LogP contribution is 2.51. The lowest BCUT2D eigenvalue weighted by molar-refractivity contribution is -0.123. The van der Waals surface area contributed by atoms with Crippen LogP contribution in [0.3, 0.4) is 0 Å². The zero-order valence-corrected chi connectivity index (χ0v) is 18.3. The molecule has 9 heteroatoms. The molecule has 2 aromatic heterocycles. The van der Waals surface area contributed by atoms with Gasteiger partial charge in [0.25, 0.3) is 5.91 Å². The number of amides is 2. The van der Waals surface area contributed by atoms with Gasteiger partial charge in [0, 0.05) is 55.5 Å². The standard InChI is InChI=1S/C24H26N6O3/c25-15-24(17-1-2-17)7-10-30(23(24)32)19-4-9-27-21(14-19)29-20-13-16(3-8-26-20)22(31)28-18-5-11-33-12-6-18/h3-4,8-9,13-14,17-18H,1-2,5-7,10-12H2,(H,28,31)(H,26,27,29)/t24-/m1/s1. The molecule has 170 valence electrons. The van der Waals surface area contributed by atoms with Crippen LogP contribution in [0.2, 0.25) is 0 Å². The van der Waals surface area contributed by atoms with E-state index < -0.39 is 5.41 Å². The van der Waals surface area contributed by atoms with Gasteiger partial charge in [0.05, 0.1) is 6.07 Å². The van der Waals surface area contributed by atoms with Gasteiger partial charge < -0.3 is 20.3 Å². The van der Waals surface area contributed by atoms with Crippen LogP contribution in [-0.4, -0.2) is 47.6 Å². The highest BCUT2D eigenvalue weighted by Gasteiger charge is 2.56. The fourth-order valence-electron chi connectivity index (χ4n) is 4.67. The predicted molar refractivity (Wildman–Crippen MR) is 121 cm³/mol. The van der Waals surface area contributed by atoms with Crippen molar-refractivity contribution in [3.8, 4) is 6.07 Å². The first-order chi connectivity index (χ1) is 16.1. The third-order valence-corrected chi connectivity index (χ3v) is 6.72. The van der Waals surface area contributed by atoms with E-state index in [9.17, 15) is 14.9 Å². The molecule has 1 aliphatic carbocycles. The maximum atomic E-state index is 13.1. The summed E-state index contributed by atoms with van der Waals surface area (Å²) in [7, 11) is 0. The molecule has 2 saturated heterocycles. The lowest BCUT2D eigenvalue weighted by Gasteiger charge is -2.23. The Balaban J connectivity index is 1.28. The summed E-state index contributed by atoms with van der Waals surface area (Å²) in [4.78, 5) is 36.0. The minimum absolute atomic E-state index is 0.114. The molecule has 3 fully saturated rings. The molecular formula is C24H26N6O3. The summed E-state index contributed by atoms with van der Waals surface area (Å²) in [6.45, 7) is 1.84. The summed E-state index contributed by atoms with van der Waals surface area (Å²) in [5, 5.41) is 15.9. The minimum Gasteiger partial charge on any atom is -0.381 e. The van der Waals surface area contributed by atoms with Gasteiger partial charge >= 0.3 is 0 Å². The van der Waals surface area contributed by atoms with E-state index in [1.807, 2.05) is 0 Å². The number of hydrogen-bond acceptors (Lipinski definition) is 7. The van der Waals surface area contributed by atoms with Crippen LogP contribution in [0.25, 0.3) is 0 Å². The van der Waals surface area contributed by atoms with E-state index in [1.165, 1.54) is 0 Å². The summed E-state index contributed by atoms with van der Waals surface area (Å²) in [5.41, 5.74) is 0.321. The number of nitriles is 1. The first-order valence-electron chi connectivity index (χ1n) is 11.4. The molecule has 0 radical (unpaired) electrons. The highest BCUT2D eigenvalue weighted by molar-refractivity contribution is 6.02. The first-order valence-corrected chi connectivity index (χ1v) is 11.4. The smallest absolute Gasteiger partial charge is 0.251 e. The van der Waals surface area contributed by atoms with E-state index in [1.54, 1.807) is 41.6 Å². The van der Waals surface area contributed by atoms with Gasteiger partial charge in [-0.1, -0.05) is 0 Å². The molecule has 0 aromatic carbocycles. The van der Waals surface area contributed by atoms with Crippen molar-refractivity contribution in [2.75, 3.05) is 30.0 Å². The zero-order valence-electron chi connectivity index (χ0n) is 18.3. The van der Waals surface area contributed by atoms with Gasteiger partial charge in [0.1, 0.15) is 17.1 Å². The average Bonchev–Trinajstić information content (AvgIpc) is 3.64. The molecular weight excluding hydrogens is 420 g/mol. The van der Waals surface area contributed by atoms with Gasteiger partial charge in [-0.05, 0) is 56.2 Å². The predicted octanol–water partition coefficient (Wildman–Crippen LogP) is 2.79. The van der Waals surface area contributed by atoms with Crippen LogP contribution in [0.5, 0.6) is 0 Å². The molecule has 33 heavy (non-hydrogen) atoms. The quantitative estimate of drug-likeness (QED) is 0.700. The number of pyridine rings is 2. The fraction of sp³-hybridized carbons (Fsp3) is 0.458. The summed E-state index contributed by atoms with van der Waals surface area (Å²) < 4.78 is 5.34. The fourth-order valence-corrected chi connectivity index (χ4v) is 4.67. The Kier molecular flexibility index (Phi) is 5.68. The van der Waals surface area contributed by atoms with Gasteiger partial charge in [-0.2, -0.15) is 5.26 Å². The molecule has 1 atom stereocenters. The summed E-state index contributed by atoms with van der Waals surface area (Å²) in [6, 6.07) is 9.32. The molecule has 9 nitrogen and oxygen atoms in total. The van der Waals surface area contributed by atoms with E-state index in [0.717, 1.165) is 25.7 Å². The van der Waals surface area contributed by atoms with Crippen LogP contribution in [-0.2, 0) is 9.53 Å². The summed E-state index contributed by atoms with van der Waals surface area (Å²) in [5.74, 6) is 0.907. The molecule has 2 N–H and O–H groups in total. The Morgan fingerprint density at radius 1 is 1.12 bits per heavy atom. The Morgan fingerprint density at radius 2 is 1.85 bits per heavy atom. The van der Waals surface area contributed by atoms with Crippen LogP contribution in [0.4, 0.5) is 17.3 Å². The van der Waals surface area contributed by atoms with Crippen LogP contribution >= 0.6 is 0 Å². The van der Waals surface area contributed by atoms with E-state index in [2.05, 4.69) is 26.7 Å². The number of aromatic nitrogens is 2. The van der Waals surface area contributed by atoms with Crippen LogP contribution in [0, 0.1) is 22.7 Å². The van der Waals surface area contributed by atoms with Crippen molar-refractivity contribution < 1.29 is 14.3 Å². The van der Waals surface area contributed by atoms with Gasteiger partial charge in [0.2, 0.25) is 5.91 Å². The van der Waals surface area contributed by atoms with Crippen LogP contribution in [0.15, 0.2) is 36.7 Å². The first kappa shape index (κ1) is 21.3. The average molecular weight is 447 g/mol. The Morgan fingerprint density at radius 3 is 2.58 bits per heavy atom. The number of ether oxygens (including phenoxy) is 1. The number of carbonyl (C=O) groups excluding carboxylic acids is 2. The second kappa shape index (κ2) is 8.79. The van der Waals surface area contributed by atoms with E-state index in [0.29, 0.717) is 49.1 Å². The maximum absolute atomic E-state index is 13.1. The van der Waals surface area contributed by atoms with Crippen LogP contribution < -0.4 is 15.5 Å². The minimum atomic E-state index is -0.884. The molecule has 2 amide bonds. The van der Waals surface area contributed by atoms with Crippen molar-refractivity contribution in [2.24, 2.45) is 11.3 Å². The molecule has 0 bridgehead atoms.